The van der Waals surface area contributed by atoms with Crippen molar-refractivity contribution in [1.29, 1.82) is 0 Å². The van der Waals surface area contributed by atoms with Crippen LogP contribution in [0.3, 0.4) is 0 Å². The lowest BCUT2D eigenvalue weighted by Gasteiger charge is -2.18. The van der Waals surface area contributed by atoms with Gasteiger partial charge in [-0.3, -0.25) is 18.6 Å². The van der Waals surface area contributed by atoms with Crippen LogP contribution in [0.25, 0.3) is 0 Å². The lowest BCUT2D eigenvalue weighted by molar-refractivity contribution is -0.147. The lowest BCUT2D eigenvalue weighted by Crippen LogP contribution is -2.42. The van der Waals surface area contributed by atoms with Gasteiger partial charge in [0.25, 0.3) is 0 Å². The standard InChI is InChI=1S/C30H52NO10P/c1-3-4-5-6-7-8-9-10-11-12-13-14-15-16-17-18-19-20-21-22-29(34)39-23-27(33)24-40-42(37,38)41-25-28(30(35)36)31-26(2)32/h7-8,10-11,13-14,27-28,33H,3-6,9,12,15-25H2,1-2H3,(H,31,32)(H,35,36)(H,37,38)/b8-7-,11-10-,14-13-. The van der Waals surface area contributed by atoms with Gasteiger partial charge >= 0.3 is 19.8 Å². The van der Waals surface area contributed by atoms with E-state index in [-0.39, 0.29) is 6.42 Å². The van der Waals surface area contributed by atoms with Crippen LogP contribution in [0.2, 0.25) is 0 Å². The van der Waals surface area contributed by atoms with Crippen molar-refractivity contribution in [2.45, 2.75) is 116 Å². The number of ether oxygens (including phenoxy) is 1. The smallest absolute Gasteiger partial charge is 0.472 e. The Kier molecular flexibility index (Phi) is 24.9. The largest absolute Gasteiger partial charge is 0.480 e. The molecule has 242 valence electrons. The fraction of sp³-hybridized carbons (Fsp3) is 0.700. The highest BCUT2D eigenvalue weighted by Crippen LogP contribution is 2.43. The molecule has 3 atom stereocenters. The molecule has 4 N–H and O–H groups in total. The van der Waals surface area contributed by atoms with Gasteiger partial charge in [0.2, 0.25) is 5.91 Å². The number of rotatable bonds is 27. The van der Waals surface area contributed by atoms with E-state index in [0.29, 0.717) is 6.42 Å². The number of unbranched alkanes of at least 4 members (excludes halogenated alkanes) is 9. The number of aliphatic hydroxyl groups excluding tert-OH is 1. The van der Waals surface area contributed by atoms with Crippen molar-refractivity contribution in [1.82, 2.24) is 5.32 Å². The van der Waals surface area contributed by atoms with E-state index in [2.05, 4.69) is 52.4 Å². The van der Waals surface area contributed by atoms with E-state index < -0.39 is 57.6 Å². The summed E-state index contributed by atoms with van der Waals surface area (Å²) in [5.74, 6) is -2.61. The summed E-state index contributed by atoms with van der Waals surface area (Å²) in [4.78, 5) is 43.4. The van der Waals surface area contributed by atoms with Gasteiger partial charge in [-0.25, -0.2) is 9.36 Å². The van der Waals surface area contributed by atoms with Crippen LogP contribution < -0.4 is 5.32 Å². The minimum Gasteiger partial charge on any atom is -0.480 e. The van der Waals surface area contributed by atoms with E-state index >= 15 is 0 Å². The maximum absolute atomic E-state index is 11.9. The molecule has 0 aromatic rings. The SMILES string of the molecule is CCCCC/C=C\C/C=C\C/C=C\CCCCCCCCC(=O)OCC(O)COP(=O)(O)OCC(NC(C)=O)C(=O)O. The van der Waals surface area contributed by atoms with Gasteiger partial charge in [-0.2, -0.15) is 0 Å². The molecule has 0 rings (SSSR count). The molecule has 11 nitrogen and oxygen atoms in total. The first kappa shape index (κ1) is 39.7. The normalized spacial score (nSPS) is 14.8. The summed E-state index contributed by atoms with van der Waals surface area (Å²) < 4.78 is 25.9. The number of amides is 1. The average molecular weight is 618 g/mol. The maximum atomic E-state index is 11.9. The maximum Gasteiger partial charge on any atom is 0.472 e. The van der Waals surface area contributed by atoms with E-state index in [1.54, 1.807) is 0 Å². The Morgan fingerprint density at radius 1 is 0.786 bits per heavy atom. The summed E-state index contributed by atoms with van der Waals surface area (Å²) in [5, 5.41) is 20.8. The summed E-state index contributed by atoms with van der Waals surface area (Å²) in [5.41, 5.74) is 0. The summed E-state index contributed by atoms with van der Waals surface area (Å²) >= 11 is 0. The number of hydrogen-bond acceptors (Lipinski definition) is 8. The minimum atomic E-state index is -4.70. The molecule has 0 aromatic carbocycles. The number of carboxylic acids is 1. The Hall–Kier alpha value is -2.30. The molecule has 0 bridgehead atoms. The summed E-state index contributed by atoms with van der Waals surface area (Å²) in [6.07, 6.45) is 26.2. The molecule has 1 amide bonds. The molecule has 0 saturated carbocycles. The third-order valence-corrected chi connectivity index (χ3v) is 6.92. The van der Waals surface area contributed by atoms with Gasteiger partial charge in [0.05, 0.1) is 13.2 Å². The Balaban J connectivity index is 3.75. The second-order valence-electron chi connectivity index (χ2n) is 10.0. The van der Waals surface area contributed by atoms with Crippen LogP contribution in [0.1, 0.15) is 104 Å². The van der Waals surface area contributed by atoms with Gasteiger partial charge in [0.15, 0.2) is 6.04 Å². The van der Waals surface area contributed by atoms with Crippen LogP contribution in [0, 0.1) is 0 Å². The van der Waals surface area contributed by atoms with Crippen molar-refractivity contribution < 1.29 is 47.8 Å². The number of phosphoric acid groups is 1. The second kappa shape index (κ2) is 26.3. The molecule has 0 aromatic heterocycles. The third kappa shape index (κ3) is 26.6. The molecule has 0 heterocycles. The van der Waals surface area contributed by atoms with Crippen molar-refractivity contribution in [3.8, 4) is 0 Å². The number of nitrogens with one attached hydrogen (secondary N) is 1. The first-order chi connectivity index (χ1) is 20.1. The number of esters is 1. The van der Waals surface area contributed by atoms with Gasteiger partial charge in [-0.15, -0.1) is 0 Å². The van der Waals surface area contributed by atoms with Crippen molar-refractivity contribution in [2.75, 3.05) is 19.8 Å². The minimum absolute atomic E-state index is 0.208. The van der Waals surface area contributed by atoms with Crippen LogP contribution >= 0.6 is 7.82 Å². The summed E-state index contributed by atoms with van der Waals surface area (Å²) in [6, 6.07) is -1.55. The van der Waals surface area contributed by atoms with Crippen molar-refractivity contribution >= 4 is 25.7 Å². The molecular weight excluding hydrogens is 565 g/mol. The second-order valence-corrected chi connectivity index (χ2v) is 11.5. The van der Waals surface area contributed by atoms with E-state index in [4.69, 9.17) is 9.84 Å². The number of carbonyl (C=O) groups is 3. The highest BCUT2D eigenvalue weighted by atomic mass is 31.2. The zero-order chi connectivity index (χ0) is 31.5. The van der Waals surface area contributed by atoms with Crippen LogP contribution in [-0.2, 0) is 32.7 Å². The van der Waals surface area contributed by atoms with Gasteiger partial charge in [0, 0.05) is 13.3 Å². The molecular formula is C30H52NO10P. The molecule has 3 unspecified atom stereocenters. The topological polar surface area (TPSA) is 169 Å². The zero-order valence-corrected chi connectivity index (χ0v) is 26.2. The third-order valence-electron chi connectivity index (χ3n) is 5.97. The molecule has 0 fully saturated rings. The van der Waals surface area contributed by atoms with Gasteiger partial charge in [-0.1, -0.05) is 81.9 Å². The van der Waals surface area contributed by atoms with E-state index in [1.165, 1.54) is 25.7 Å². The fourth-order valence-corrected chi connectivity index (χ4v) is 4.42. The van der Waals surface area contributed by atoms with E-state index in [9.17, 15) is 28.9 Å². The Morgan fingerprint density at radius 3 is 1.88 bits per heavy atom. The van der Waals surface area contributed by atoms with Crippen LogP contribution in [-0.4, -0.2) is 64.9 Å². The van der Waals surface area contributed by atoms with Crippen LogP contribution in [0.5, 0.6) is 0 Å². The summed E-state index contributed by atoms with van der Waals surface area (Å²) in [6.45, 7) is 1.38. The predicted molar refractivity (Wildman–Crippen MR) is 162 cm³/mol. The van der Waals surface area contributed by atoms with Gasteiger partial charge in [0.1, 0.15) is 12.7 Å². The predicted octanol–water partition coefficient (Wildman–Crippen LogP) is 5.76. The fourth-order valence-electron chi connectivity index (χ4n) is 3.64. The van der Waals surface area contributed by atoms with Crippen LogP contribution in [0.4, 0.5) is 0 Å². The number of carboxylic acid groups (broad SMARTS) is 1. The zero-order valence-electron chi connectivity index (χ0n) is 25.3. The van der Waals surface area contributed by atoms with Crippen molar-refractivity contribution in [3.05, 3.63) is 36.5 Å². The van der Waals surface area contributed by atoms with Gasteiger partial charge in [-0.05, 0) is 44.9 Å². The number of carbonyl (C=O) groups excluding carboxylic acids is 2. The number of aliphatic hydroxyl groups is 1. The highest BCUT2D eigenvalue weighted by molar-refractivity contribution is 7.47. The number of hydrogen-bond donors (Lipinski definition) is 4. The first-order valence-electron chi connectivity index (χ1n) is 15.0. The Bertz CT molecular complexity index is 874. The molecule has 12 heteroatoms. The Morgan fingerprint density at radius 2 is 1.31 bits per heavy atom. The molecule has 0 aliphatic heterocycles. The molecule has 0 radical (unpaired) electrons. The van der Waals surface area contributed by atoms with E-state index in [1.807, 2.05) is 5.32 Å². The Labute approximate surface area is 251 Å². The molecule has 0 spiro atoms. The highest BCUT2D eigenvalue weighted by Gasteiger charge is 2.28. The lowest BCUT2D eigenvalue weighted by atomic mass is 10.1. The monoisotopic (exact) mass is 617 g/mol. The molecule has 0 aliphatic carbocycles. The van der Waals surface area contributed by atoms with Crippen LogP contribution in [0.15, 0.2) is 36.5 Å². The van der Waals surface area contributed by atoms with Crippen molar-refractivity contribution in [2.24, 2.45) is 0 Å². The number of allylic oxidation sites excluding steroid dienone is 6. The molecule has 0 saturated heterocycles. The molecule has 42 heavy (non-hydrogen) atoms. The average Bonchev–Trinajstić information content (AvgIpc) is 2.94. The first-order valence-corrected chi connectivity index (χ1v) is 16.5. The van der Waals surface area contributed by atoms with E-state index in [0.717, 1.165) is 58.3 Å². The summed E-state index contributed by atoms with van der Waals surface area (Å²) in [7, 11) is -4.70. The van der Waals surface area contributed by atoms with Crippen molar-refractivity contribution in [3.63, 3.8) is 0 Å². The van der Waals surface area contributed by atoms with Gasteiger partial charge < -0.3 is 25.2 Å². The quantitative estimate of drug-likeness (QED) is 0.0385. The number of aliphatic carboxylic acids is 1. The molecule has 0 aliphatic rings. The number of phosphoric ester groups is 1.